The lowest BCUT2D eigenvalue weighted by molar-refractivity contribution is 0.0446. The van der Waals surface area contributed by atoms with E-state index in [1.807, 2.05) is 4.90 Å². The molecule has 1 aliphatic heterocycles. The molecule has 0 saturated carbocycles. The number of aromatic nitrogens is 2. The molecule has 2 heterocycles. The predicted octanol–water partition coefficient (Wildman–Crippen LogP) is -0.0777. The molecule has 0 aliphatic carbocycles. The molecule has 1 aromatic rings. The second kappa shape index (κ2) is 4.77. The van der Waals surface area contributed by atoms with Gasteiger partial charge >= 0.3 is 0 Å². The molecule has 4 N–H and O–H groups in total. The van der Waals surface area contributed by atoms with E-state index < -0.39 is 5.60 Å². The van der Waals surface area contributed by atoms with Crippen molar-refractivity contribution >= 4 is 11.7 Å². The summed E-state index contributed by atoms with van der Waals surface area (Å²) in [5.74, 6) is 0.526. The van der Waals surface area contributed by atoms with E-state index in [0.717, 1.165) is 19.4 Å². The molecule has 18 heavy (non-hydrogen) atoms. The van der Waals surface area contributed by atoms with Gasteiger partial charge in [-0.05, 0) is 25.8 Å². The van der Waals surface area contributed by atoms with E-state index in [1.54, 1.807) is 13.0 Å². The van der Waals surface area contributed by atoms with Crippen molar-refractivity contribution < 1.29 is 10.3 Å². The van der Waals surface area contributed by atoms with Gasteiger partial charge in [0.2, 0.25) is 0 Å². The highest BCUT2D eigenvalue weighted by Gasteiger charge is 2.30. The Morgan fingerprint density at radius 3 is 3.06 bits per heavy atom. The van der Waals surface area contributed by atoms with E-state index in [2.05, 4.69) is 15.4 Å². The van der Waals surface area contributed by atoms with Crippen LogP contribution in [-0.2, 0) is 0 Å². The highest BCUT2D eigenvalue weighted by atomic mass is 16.4. The maximum absolute atomic E-state index is 10.1. The minimum atomic E-state index is -0.752. The van der Waals surface area contributed by atoms with Gasteiger partial charge in [-0.15, -0.1) is 5.10 Å². The van der Waals surface area contributed by atoms with Crippen LogP contribution in [0, 0.1) is 0 Å². The topological polar surface area (TPSA) is 108 Å². The Bertz CT molecular complexity index is 461. The number of nitrogens with two attached hydrogens (primary N) is 1. The van der Waals surface area contributed by atoms with Crippen molar-refractivity contribution in [1.82, 2.24) is 10.2 Å². The molecule has 0 spiro atoms. The normalized spacial score (nSPS) is 25.2. The van der Waals surface area contributed by atoms with E-state index in [9.17, 15) is 5.11 Å². The highest BCUT2D eigenvalue weighted by Crippen LogP contribution is 2.26. The fourth-order valence-electron chi connectivity index (χ4n) is 2.21. The Morgan fingerprint density at radius 2 is 2.39 bits per heavy atom. The van der Waals surface area contributed by atoms with E-state index in [0.29, 0.717) is 17.9 Å². The molecule has 1 saturated heterocycles. The third kappa shape index (κ3) is 2.51. The van der Waals surface area contributed by atoms with Crippen LogP contribution in [0.5, 0.6) is 0 Å². The molecule has 1 atom stereocenters. The average molecular weight is 251 g/mol. The summed E-state index contributed by atoms with van der Waals surface area (Å²) in [5.41, 5.74) is 5.38. The van der Waals surface area contributed by atoms with E-state index in [4.69, 9.17) is 10.9 Å². The molecule has 1 unspecified atom stereocenters. The van der Waals surface area contributed by atoms with Crippen LogP contribution in [0.15, 0.2) is 17.4 Å². The number of hydrogen-bond acceptors (Lipinski definition) is 6. The monoisotopic (exact) mass is 251 g/mol. The van der Waals surface area contributed by atoms with E-state index >= 15 is 0 Å². The van der Waals surface area contributed by atoms with Crippen molar-refractivity contribution in [2.75, 3.05) is 18.0 Å². The third-order valence-electron chi connectivity index (χ3n) is 3.06. The zero-order valence-corrected chi connectivity index (χ0v) is 10.2. The van der Waals surface area contributed by atoms with Crippen LogP contribution in [-0.4, -0.2) is 45.0 Å². The van der Waals surface area contributed by atoms with Crippen molar-refractivity contribution in [1.29, 1.82) is 0 Å². The molecule has 1 aromatic heterocycles. The molecule has 2 rings (SSSR count). The highest BCUT2D eigenvalue weighted by molar-refractivity contribution is 6.01. The maximum atomic E-state index is 10.1. The van der Waals surface area contributed by atoms with Gasteiger partial charge in [0.1, 0.15) is 0 Å². The average Bonchev–Trinajstić information content (AvgIpc) is 2.36. The maximum Gasteiger partial charge on any atom is 0.173 e. The third-order valence-corrected chi connectivity index (χ3v) is 3.06. The van der Waals surface area contributed by atoms with Crippen molar-refractivity contribution in [3.05, 3.63) is 17.8 Å². The quantitative estimate of drug-likeness (QED) is 0.294. The van der Waals surface area contributed by atoms with Crippen molar-refractivity contribution in [3.63, 3.8) is 0 Å². The van der Waals surface area contributed by atoms with Crippen LogP contribution < -0.4 is 10.6 Å². The molecule has 0 bridgehead atoms. The summed E-state index contributed by atoms with van der Waals surface area (Å²) < 4.78 is 0. The Labute approximate surface area is 105 Å². The Morgan fingerprint density at radius 1 is 1.61 bits per heavy atom. The SMILES string of the molecule is CC1(O)CCCN(c2nnccc2/C(N)=N/O)C1. The zero-order valence-electron chi connectivity index (χ0n) is 10.2. The molecule has 0 aromatic carbocycles. The number of β-amino-alcohol motifs (C(OH)–C–C–N with tert-alkyl or cyclic N) is 1. The lowest BCUT2D eigenvalue weighted by atomic mass is 9.95. The first-order chi connectivity index (χ1) is 8.53. The van der Waals surface area contributed by atoms with Crippen molar-refractivity contribution in [3.8, 4) is 0 Å². The second-order valence-electron chi connectivity index (χ2n) is 4.78. The summed E-state index contributed by atoms with van der Waals surface area (Å²) in [6, 6.07) is 1.64. The lowest BCUT2D eigenvalue weighted by Gasteiger charge is -2.37. The van der Waals surface area contributed by atoms with Crippen LogP contribution >= 0.6 is 0 Å². The summed E-state index contributed by atoms with van der Waals surface area (Å²) in [6.45, 7) is 3.01. The molecule has 0 radical (unpaired) electrons. The van der Waals surface area contributed by atoms with Gasteiger partial charge < -0.3 is 20.9 Å². The van der Waals surface area contributed by atoms with Gasteiger partial charge in [0.05, 0.1) is 17.4 Å². The van der Waals surface area contributed by atoms with Gasteiger partial charge in [0.25, 0.3) is 0 Å². The van der Waals surface area contributed by atoms with Crippen LogP contribution in [0.3, 0.4) is 0 Å². The second-order valence-corrected chi connectivity index (χ2v) is 4.78. The first kappa shape index (κ1) is 12.6. The van der Waals surface area contributed by atoms with E-state index in [-0.39, 0.29) is 5.84 Å². The van der Waals surface area contributed by atoms with Crippen LogP contribution in [0.2, 0.25) is 0 Å². The number of hydrogen-bond donors (Lipinski definition) is 3. The largest absolute Gasteiger partial charge is 0.409 e. The Hall–Kier alpha value is -1.89. The molecular formula is C11H17N5O2. The molecule has 0 amide bonds. The number of aliphatic hydroxyl groups is 1. The van der Waals surface area contributed by atoms with Gasteiger partial charge in [-0.3, -0.25) is 0 Å². The molecule has 1 fully saturated rings. The fourth-order valence-corrected chi connectivity index (χ4v) is 2.21. The molecule has 1 aliphatic rings. The Kier molecular flexibility index (Phi) is 3.33. The van der Waals surface area contributed by atoms with Crippen molar-refractivity contribution in [2.24, 2.45) is 10.9 Å². The lowest BCUT2D eigenvalue weighted by Crippen LogP contribution is -2.47. The fraction of sp³-hybridized carbons (Fsp3) is 0.545. The minimum absolute atomic E-state index is 0.00915. The Balaban J connectivity index is 2.33. The summed E-state index contributed by atoms with van der Waals surface area (Å²) in [6.07, 6.45) is 3.10. The number of piperidine rings is 1. The molecule has 7 heteroatoms. The number of anilines is 1. The van der Waals surface area contributed by atoms with Gasteiger partial charge in [-0.2, -0.15) is 5.10 Å². The molecule has 7 nitrogen and oxygen atoms in total. The van der Waals surface area contributed by atoms with Gasteiger partial charge in [-0.1, -0.05) is 5.16 Å². The summed E-state index contributed by atoms with van der Waals surface area (Å²) in [7, 11) is 0. The van der Waals surface area contributed by atoms with Gasteiger partial charge in [-0.25, -0.2) is 0 Å². The van der Waals surface area contributed by atoms with Gasteiger partial charge in [0, 0.05) is 13.1 Å². The zero-order chi connectivity index (χ0) is 13.2. The summed E-state index contributed by atoms with van der Waals surface area (Å²) >= 11 is 0. The minimum Gasteiger partial charge on any atom is -0.409 e. The van der Waals surface area contributed by atoms with Crippen LogP contribution in [0.1, 0.15) is 25.3 Å². The number of oxime groups is 1. The standard InChI is InChI=1S/C11H17N5O2/c1-11(17)4-2-6-16(7-11)10-8(9(12)15-18)3-5-13-14-10/h3,5,17-18H,2,4,6-7H2,1H3,(H2,12,15). The van der Waals surface area contributed by atoms with Crippen LogP contribution in [0.25, 0.3) is 0 Å². The van der Waals surface area contributed by atoms with Crippen LogP contribution in [0.4, 0.5) is 5.82 Å². The first-order valence-electron chi connectivity index (χ1n) is 5.80. The van der Waals surface area contributed by atoms with E-state index in [1.165, 1.54) is 6.20 Å². The predicted molar refractivity (Wildman–Crippen MR) is 66.6 cm³/mol. The molecular weight excluding hydrogens is 234 g/mol. The number of nitrogens with zero attached hydrogens (tertiary/aromatic N) is 4. The summed E-state index contributed by atoms with van der Waals surface area (Å²) in [5, 5.41) is 29.7. The number of rotatable bonds is 2. The first-order valence-corrected chi connectivity index (χ1v) is 5.80. The summed E-state index contributed by atoms with van der Waals surface area (Å²) in [4.78, 5) is 1.91. The smallest absolute Gasteiger partial charge is 0.173 e. The molecule has 98 valence electrons. The number of amidine groups is 1. The van der Waals surface area contributed by atoms with Gasteiger partial charge in [0.15, 0.2) is 11.7 Å². The van der Waals surface area contributed by atoms with Crippen molar-refractivity contribution in [2.45, 2.75) is 25.4 Å².